The Balaban J connectivity index is 2.42. The summed E-state index contributed by atoms with van der Waals surface area (Å²) in [7, 11) is 1.89. The van der Waals surface area contributed by atoms with E-state index in [9.17, 15) is 4.39 Å². The number of nitrogens with one attached hydrogen (secondary N) is 1. The Bertz CT molecular complexity index is 502. The largest absolute Gasteiger partial charge is 0.309 e. The van der Waals surface area contributed by atoms with Gasteiger partial charge in [-0.2, -0.15) is 0 Å². The number of hydrogen-bond acceptors (Lipinski definition) is 2. The van der Waals surface area contributed by atoms with Gasteiger partial charge in [0.2, 0.25) is 0 Å². The Labute approximate surface area is 113 Å². The Kier molecular flexibility index (Phi) is 4.06. The number of benzene rings is 1. The van der Waals surface area contributed by atoms with E-state index in [1.54, 1.807) is 6.20 Å². The molecule has 0 spiro atoms. The highest BCUT2D eigenvalue weighted by Crippen LogP contribution is 2.25. The van der Waals surface area contributed by atoms with Crippen LogP contribution in [0.2, 0.25) is 0 Å². The minimum absolute atomic E-state index is 0.0381. The monoisotopic (exact) mass is 342 g/mol. The fraction of sp³-hybridized carbons (Fsp3) is 0.154. The van der Waals surface area contributed by atoms with Crippen molar-refractivity contribution in [3.05, 3.63) is 63.2 Å². The van der Waals surface area contributed by atoms with Crippen molar-refractivity contribution in [2.75, 3.05) is 7.05 Å². The zero-order valence-corrected chi connectivity index (χ0v) is 11.5. The Morgan fingerprint density at radius 2 is 2.18 bits per heavy atom. The third-order valence-corrected chi connectivity index (χ3v) is 3.51. The van der Waals surface area contributed by atoms with Crippen LogP contribution < -0.4 is 5.32 Å². The maximum Gasteiger partial charge on any atom is 0.124 e. The maximum atomic E-state index is 13.1. The smallest absolute Gasteiger partial charge is 0.124 e. The molecule has 1 N–H and O–H groups in total. The van der Waals surface area contributed by atoms with Gasteiger partial charge < -0.3 is 5.32 Å². The van der Waals surface area contributed by atoms with Gasteiger partial charge in [0.25, 0.3) is 0 Å². The molecular weight excluding hydrogens is 330 g/mol. The lowest BCUT2D eigenvalue weighted by Crippen LogP contribution is -2.18. The van der Waals surface area contributed by atoms with Crippen LogP contribution >= 0.6 is 22.6 Å². The average Bonchev–Trinajstić information content (AvgIpc) is 2.34. The molecule has 2 rings (SSSR count). The van der Waals surface area contributed by atoms with Gasteiger partial charge in [0, 0.05) is 16.0 Å². The van der Waals surface area contributed by atoms with E-state index in [1.807, 2.05) is 31.4 Å². The minimum Gasteiger partial charge on any atom is -0.309 e. The second kappa shape index (κ2) is 5.55. The Morgan fingerprint density at radius 3 is 2.76 bits per heavy atom. The molecule has 1 heterocycles. The molecule has 4 heteroatoms. The molecule has 0 fully saturated rings. The van der Waals surface area contributed by atoms with Gasteiger partial charge in [-0.3, -0.25) is 4.98 Å². The van der Waals surface area contributed by atoms with Crippen LogP contribution in [0.25, 0.3) is 0 Å². The fourth-order valence-electron chi connectivity index (χ4n) is 1.78. The van der Waals surface area contributed by atoms with Crippen molar-refractivity contribution < 1.29 is 4.39 Å². The number of pyridine rings is 1. The first kappa shape index (κ1) is 12.4. The van der Waals surface area contributed by atoms with E-state index in [2.05, 4.69) is 32.9 Å². The number of hydrogen-bond donors (Lipinski definition) is 1. The molecule has 0 amide bonds. The summed E-state index contributed by atoms with van der Waals surface area (Å²) in [6.07, 6.45) is 3.56. The molecule has 0 saturated heterocycles. The van der Waals surface area contributed by atoms with Gasteiger partial charge in [-0.1, -0.05) is 12.1 Å². The summed E-state index contributed by atoms with van der Waals surface area (Å²) in [5.74, 6) is -0.209. The standard InChI is InChI=1S/C13H12FIN2/c1-16-13(9-3-2-6-17-8-9)11-5-4-10(14)7-12(11)15/h2-8,13,16H,1H3. The van der Waals surface area contributed by atoms with E-state index in [1.165, 1.54) is 12.1 Å². The molecule has 1 atom stereocenters. The average molecular weight is 342 g/mol. The van der Waals surface area contributed by atoms with Crippen LogP contribution in [0.3, 0.4) is 0 Å². The van der Waals surface area contributed by atoms with Gasteiger partial charge >= 0.3 is 0 Å². The molecule has 0 saturated carbocycles. The molecule has 1 unspecified atom stereocenters. The highest BCUT2D eigenvalue weighted by Gasteiger charge is 2.15. The Morgan fingerprint density at radius 1 is 1.35 bits per heavy atom. The van der Waals surface area contributed by atoms with Crippen molar-refractivity contribution >= 4 is 22.6 Å². The van der Waals surface area contributed by atoms with E-state index in [-0.39, 0.29) is 11.9 Å². The summed E-state index contributed by atoms with van der Waals surface area (Å²) < 4.78 is 14.0. The summed E-state index contributed by atoms with van der Waals surface area (Å²) in [5.41, 5.74) is 2.13. The molecule has 1 aromatic heterocycles. The van der Waals surface area contributed by atoms with Crippen molar-refractivity contribution in [1.82, 2.24) is 10.3 Å². The molecule has 0 aliphatic heterocycles. The molecule has 2 nitrogen and oxygen atoms in total. The van der Waals surface area contributed by atoms with Crippen molar-refractivity contribution in [2.24, 2.45) is 0 Å². The van der Waals surface area contributed by atoms with E-state index in [4.69, 9.17) is 0 Å². The normalized spacial score (nSPS) is 12.4. The maximum absolute atomic E-state index is 13.1. The summed E-state index contributed by atoms with van der Waals surface area (Å²) >= 11 is 2.15. The van der Waals surface area contributed by atoms with E-state index in [0.29, 0.717) is 0 Å². The molecule has 17 heavy (non-hydrogen) atoms. The first-order valence-electron chi connectivity index (χ1n) is 5.24. The topological polar surface area (TPSA) is 24.9 Å². The van der Waals surface area contributed by atoms with Gasteiger partial charge in [-0.15, -0.1) is 0 Å². The van der Waals surface area contributed by atoms with Crippen LogP contribution in [0, 0.1) is 9.39 Å². The van der Waals surface area contributed by atoms with Gasteiger partial charge in [0.1, 0.15) is 5.82 Å². The first-order chi connectivity index (χ1) is 8.22. The number of nitrogens with zero attached hydrogens (tertiary/aromatic N) is 1. The van der Waals surface area contributed by atoms with E-state index < -0.39 is 0 Å². The summed E-state index contributed by atoms with van der Waals surface area (Å²) in [4.78, 5) is 4.11. The number of rotatable bonds is 3. The van der Waals surface area contributed by atoms with Crippen molar-refractivity contribution in [1.29, 1.82) is 0 Å². The lowest BCUT2D eigenvalue weighted by atomic mass is 10.0. The highest BCUT2D eigenvalue weighted by atomic mass is 127. The van der Waals surface area contributed by atoms with E-state index in [0.717, 1.165) is 14.7 Å². The summed E-state index contributed by atoms with van der Waals surface area (Å²) in [6, 6.07) is 8.78. The summed E-state index contributed by atoms with van der Waals surface area (Å²) in [6.45, 7) is 0. The van der Waals surface area contributed by atoms with Crippen molar-refractivity contribution in [3.63, 3.8) is 0 Å². The van der Waals surface area contributed by atoms with Crippen LogP contribution in [0.15, 0.2) is 42.7 Å². The quantitative estimate of drug-likeness (QED) is 0.867. The molecule has 0 aliphatic rings. The summed E-state index contributed by atoms with van der Waals surface area (Å²) in [5, 5.41) is 3.23. The third kappa shape index (κ3) is 2.81. The molecule has 0 aliphatic carbocycles. The van der Waals surface area contributed by atoms with Crippen LogP contribution in [-0.4, -0.2) is 12.0 Å². The molecule has 88 valence electrons. The highest BCUT2D eigenvalue weighted by molar-refractivity contribution is 14.1. The first-order valence-corrected chi connectivity index (χ1v) is 6.32. The molecule has 1 aromatic carbocycles. The lowest BCUT2D eigenvalue weighted by molar-refractivity contribution is 0.621. The fourth-order valence-corrected chi connectivity index (χ4v) is 2.57. The van der Waals surface area contributed by atoms with Crippen LogP contribution in [-0.2, 0) is 0 Å². The molecule has 2 aromatic rings. The molecule has 0 radical (unpaired) electrons. The SMILES string of the molecule is CNC(c1cccnc1)c1ccc(F)cc1I. The second-order valence-electron chi connectivity index (χ2n) is 3.67. The Hall–Kier alpha value is -1.01. The van der Waals surface area contributed by atoms with Gasteiger partial charge in [-0.25, -0.2) is 4.39 Å². The lowest BCUT2D eigenvalue weighted by Gasteiger charge is -2.18. The van der Waals surface area contributed by atoms with Crippen LogP contribution in [0.5, 0.6) is 0 Å². The van der Waals surface area contributed by atoms with Crippen molar-refractivity contribution in [2.45, 2.75) is 6.04 Å². The number of aromatic nitrogens is 1. The van der Waals surface area contributed by atoms with E-state index >= 15 is 0 Å². The van der Waals surface area contributed by atoms with Crippen LogP contribution in [0.1, 0.15) is 17.2 Å². The second-order valence-corrected chi connectivity index (χ2v) is 4.84. The van der Waals surface area contributed by atoms with Gasteiger partial charge in [-0.05, 0) is 59.0 Å². The van der Waals surface area contributed by atoms with Gasteiger partial charge in [0.05, 0.1) is 6.04 Å². The minimum atomic E-state index is -0.209. The predicted octanol–water partition coefficient (Wildman–Crippen LogP) is 3.13. The van der Waals surface area contributed by atoms with Crippen molar-refractivity contribution in [3.8, 4) is 0 Å². The third-order valence-electron chi connectivity index (χ3n) is 2.58. The predicted molar refractivity (Wildman–Crippen MR) is 74.3 cm³/mol. The zero-order chi connectivity index (χ0) is 12.3. The zero-order valence-electron chi connectivity index (χ0n) is 9.32. The van der Waals surface area contributed by atoms with Gasteiger partial charge in [0.15, 0.2) is 0 Å². The molecular formula is C13H12FIN2. The van der Waals surface area contributed by atoms with Crippen LogP contribution in [0.4, 0.5) is 4.39 Å². The molecule has 0 bridgehead atoms. The number of halogens is 2.